The molecule has 0 spiro atoms. The number of nitrogens with one attached hydrogen (secondary N) is 1. The Labute approximate surface area is 218 Å². The van der Waals surface area contributed by atoms with E-state index in [9.17, 15) is 19.2 Å². The molecule has 0 bridgehead atoms. The monoisotopic (exact) mass is 521 g/mol. The van der Waals surface area contributed by atoms with E-state index < -0.39 is 23.8 Å². The van der Waals surface area contributed by atoms with Gasteiger partial charge in [-0.05, 0) is 82.2 Å². The van der Waals surface area contributed by atoms with Crippen LogP contribution in [0.1, 0.15) is 44.7 Å². The topological polar surface area (TPSA) is 107 Å². The van der Waals surface area contributed by atoms with E-state index in [-0.39, 0.29) is 5.57 Å². The molecule has 1 saturated heterocycles. The minimum atomic E-state index is -0.825. The highest BCUT2D eigenvalue weighted by atomic mass is 32.1. The van der Waals surface area contributed by atoms with Crippen molar-refractivity contribution >= 4 is 46.9 Å². The Hall–Kier alpha value is -4.18. The minimum absolute atomic E-state index is 0.180. The number of carbonyl (C=O) groups is 4. The van der Waals surface area contributed by atoms with Crippen molar-refractivity contribution in [3.05, 3.63) is 68.9 Å². The van der Waals surface area contributed by atoms with Gasteiger partial charge in [-0.25, -0.2) is 14.5 Å². The Bertz CT molecular complexity index is 1460. The third-order valence-electron chi connectivity index (χ3n) is 6.24. The number of rotatable bonds is 6. The number of anilines is 1. The molecule has 9 nitrogen and oxygen atoms in total. The third-order valence-corrected chi connectivity index (χ3v) is 7.43. The van der Waals surface area contributed by atoms with Gasteiger partial charge < -0.3 is 14.0 Å². The quantitative estimate of drug-likeness (QED) is 0.288. The lowest BCUT2D eigenvalue weighted by atomic mass is 10.1. The van der Waals surface area contributed by atoms with E-state index in [1.807, 2.05) is 45.3 Å². The highest BCUT2D eigenvalue weighted by Gasteiger charge is 2.37. The SMILES string of the molecule is CCOc1ccc(N2C(=O)NC(=O)/C(=C\c3cc(C)n(-c4sc(C)c(C)c4C(=O)OC)c3C)C2=O)cc1. The van der Waals surface area contributed by atoms with Crippen LogP contribution in [0.3, 0.4) is 0 Å². The number of thiophene rings is 1. The van der Waals surface area contributed by atoms with Crippen LogP contribution in [0, 0.1) is 27.7 Å². The molecule has 1 aromatic carbocycles. The second kappa shape index (κ2) is 10.1. The van der Waals surface area contributed by atoms with Gasteiger partial charge in [-0.15, -0.1) is 11.3 Å². The number of amides is 4. The number of benzene rings is 1. The fourth-order valence-corrected chi connectivity index (χ4v) is 5.52. The Morgan fingerprint density at radius 3 is 2.38 bits per heavy atom. The number of hydrogen-bond donors (Lipinski definition) is 1. The summed E-state index contributed by atoms with van der Waals surface area (Å²) >= 11 is 1.46. The zero-order valence-electron chi connectivity index (χ0n) is 21.4. The van der Waals surface area contributed by atoms with Crippen LogP contribution in [0.15, 0.2) is 35.9 Å². The number of hydrogen-bond acceptors (Lipinski definition) is 7. The van der Waals surface area contributed by atoms with Crippen molar-refractivity contribution in [2.75, 3.05) is 18.6 Å². The van der Waals surface area contributed by atoms with Gasteiger partial charge in [-0.1, -0.05) is 0 Å². The summed E-state index contributed by atoms with van der Waals surface area (Å²) < 4.78 is 12.3. The molecule has 37 heavy (non-hydrogen) atoms. The average Bonchev–Trinajstić information content (AvgIpc) is 3.30. The van der Waals surface area contributed by atoms with Crippen LogP contribution in [-0.2, 0) is 14.3 Å². The number of barbiturate groups is 1. The number of aromatic nitrogens is 1. The summed E-state index contributed by atoms with van der Waals surface area (Å²) in [6, 6.07) is 7.46. The number of carbonyl (C=O) groups excluding carboxylic acids is 4. The van der Waals surface area contributed by atoms with Crippen LogP contribution in [-0.4, -0.2) is 42.1 Å². The molecule has 4 amide bonds. The molecular weight excluding hydrogens is 494 g/mol. The maximum Gasteiger partial charge on any atom is 0.341 e. The Morgan fingerprint density at radius 2 is 1.76 bits per heavy atom. The maximum atomic E-state index is 13.3. The predicted octanol–water partition coefficient (Wildman–Crippen LogP) is 4.62. The molecule has 1 fully saturated rings. The standard InChI is InChI=1S/C27H27N3O6S/c1-7-36-20-10-8-19(9-11-20)30-24(32)21(23(31)28-27(30)34)13-18-12-14(2)29(16(18)4)25-22(26(33)35-6)15(3)17(5)37-25/h8-13H,7H2,1-6H3,(H,28,31,34)/b21-13+. The molecule has 2 aromatic heterocycles. The molecule has 4 rings (SSSR count). The van der Waals surface area contributed by atoms with Crippen molar-refractivity contribution in [2.45, 2.75) is 34.6 Å². The van der Waals surface area contributed by atoms with Crippen LogP contribution in [0.25, 0.3) is 11.1 Å². The molecule has 10 heteroatoms. The number of urea groups is 1. The van der Waals surface area contributed by atoms with Crippen LogP contribution >= 0.6 is 11.3 Å². The van der Waals surface area contributed by atoms with E-state index in [0.717, 1.165) is 26.7 Å². The van der Waals surface area contributed by atoms with Gasteiger partial charge in [-0.2, -0.15) is 0 Å². The van der Waals surface area contributed by atoms with Gasteiger partial charge >= 0.3 is 12.0 Å². The zero-order chi connectivity index (χ0) is 27.0. The molecule has 0 radical (unpaired) electrons. The number of ether oxygens (including phenoxy) is 2. The third kappa shape index (κ3) is 4.55. The highest BCUT2D eigenvalue weighted by molar-refractivity contribution is 7.15. The van der Waals surface area contributed by atoms with Gasteiger partial charge in [0.05, 0.1) is 25.0 Å². The Morgan fingerprint density at radius 1 is 1.08 bits per heavy atom. The van der Waals surface area contributed by atoms with Crippen molar-refractivity contribution in [1.29, 1.82) is 0 Å². The second-order valence-electron chi connectivity index (χ2n) is 8.50. The number of nitrogens with zero attached hydrogens (tertiary/aromatic N) is 2. The first-order chi connectivity index (χ1) is 17.6. The Balaban J connectivity index is 1.76. The van der Waals surface area contributed by atoms with Crippen molar-refractivity contribution in [2.24, 2.45) is 0 Å². The lowest BCUT2D eigenvalue weighted by Crippen LogP contribution is -2.54. The van der Waals surface area contributed by atoms with E-state index in [2.05, 4.69) is 5.32 Å². The average molecular weight is 522 g/mol. The van der Waals surface area contributed by atoms with E-state index >= 15 is 0 Å². The molecule has 0 unspecified atom stereocenters. The van der Waals surface area contributed by atoms with E-state index in [1.165, 1.54) is 24.5 Å². The second-order valence-corrected chi connectivity index (χ2v) is 9.70. The van der Waals surface area contributed by atoms with E-state index in [1.54, 1.807) is 24.3 Å². The smallest absolute Gasteiger partial charge is 0.341 e. The number of imide groups is 2. The summed E-state index contributed by atoms with van der Waals surface area (Å²) in [4.78, 5) is 53.1. The summed E-state index contributed by atoms with van der Waals surface area (Å²) in [7, 11) is 1.34. The van der Waals surface area contributed by atoms with Crippen molar-refractivity contribution in [3.8, 4) is 10.8 Å². The molecule has 192 valence electrons. The van der Waals surface area contributed by atoms with Gasteiger partial charge in [0.15, 0.2) is 0 Å². The number of methoxy groups -OCH3 is 1. The summed E-state index contributed by atoms with van der Waals surface area (Å²) in [6.45, 7) is 9.85. The van der Waals surface area contributed by atoms with Crippen LogP contribution in [0.5, 0.6) is 5.75 Å². The van der Waals surface area contributed by atoms with Crippen LogP contribution < -0.4 is 15.0 Å². The molecule has 3 heterocycles. The first kappa shape index (κ1) is 25.9. The molecule has 0 saturated carbocycles. The maximum absolute atomic E-state index is 13.3. The molecule has 3 aromatic rings. The lowest BCUT2D eigenvalue weighted by molar-refractivity contribution is -0.122. The van der Waals surface area contributed by atoms with Gasteiger partial charge in [0.1, 0.15) is 16.3 Å². The van der Waals surface area contributed by atoms with Gasteiger partial charge in [0.2, 0.25) is 0 Å². The van der Waals surface area contributed by atoms with Crippen molar-refractivity contribution in [3.63, 3.8) is 0 Å². The molecule has 1 aliphatic heterocycles. The number of aryl methyl sites for hydroxylation is 2. The minimum Gasteiger partial charge on any atom is -0.494 e. The van der Waals surface area contributed by atoms with E-state index in [0.29, 0.717) is 34.2 Å². The van der Waals surface area contributed by atoms with Crippen LogP contribution in [0.2, 0.25) is 0 Å². The summed E-state index contributed by atoms with van der Waals surface area (Å²) in [5.74, 6) is -1.35. The molecule has 1 aliphatic rings. The summed E-state index contributed by atoms with van der Waals surface area (Å²) in [5, 5.41) is 2.95. The first-order valence-electron chi connectivity index (χ1n) is 11.6. The fraction of sp³-hybridized carbons (Fsp3) is 0.259. The van der Waals surface area contributed by atoms with Crippen molar-refractivity contribution < 1.29 is 28.7 Å². The Kier molecular flexibility index (Phi) is 7.04. The van der Waals surface area contributed by atoms with Crippen LogP contribution in [0.4, 0.5) is 10.5 Å². The molecular formula is C27H27N3O6S. The largest absolute Gasteiger partial charge is 0.494 e. The molecule has 1 N–H and O–H groups in total. The summed E-state index contributed by atoms with van der Waals surface area (Å²) in [6.07, 6.45) is 1.47. The normalized spacial score (nSPS) is 14.8. The first-order valence-corrected chi connectivity index (χ1v) is 12.4. The van der Waals surface area contributed by atoms with Gasteiger partial charge in [0, 0.05) is 16.3 Å². The van der Waals surface area contributed by atoms with Gasteiger partial charge in [-0.3, -0.25) is 14.9 Å². The predicted molar refractivity (Wildman–Crippen MR) is 141 cm³/mol. The summed E-state index contributed by atoms with van der Waals surface area (Å²) in [5.41, 5.74) is 3.58. The fourth-order valence-electron chi connectivity index (χ4n) is 4.26. The zero-order valence-corrected chi connectivity index (χ0v) is 22.2. The molecule has 0 atom stereocenters. The molecule has 0 aliphatic carbocycles. The highest BCUT2D eigenvalue weighted by Crippen LogP contribution is 2.35. The van der Waals surface area contributed by atoms with Crippen molar-refractivity contribution in [1.82, 2.24) is 9.88 Å². The van der Waals surface area contributed by atoms with Gasteiger partial charge in [0.25, 0.3) is 11.8 Å². The number of esters is 1. The van der Waals surface area contributed by atoms with E-state index in [4.69, 9.17) is 9.47 Å². The lowest BCUT2D eigenvalue weighted by Gasteiger charge is -2.26.